The minimum Gasteiger partial charge on any atom is -0.479 e. The van der Waals surface area contributed by atoms with Crippen LogP contribution in [0.15, 0.2) is 18.2 Å². The van der Waals surface area contributed by atoms with E-state index in [1.54, 1.807) is 11.8 Å². The summed E-state index contributed by atoms with van der Waals surface area (Å²) < 4.78 is 5.62. The van der Waals surface area contributed by atoms with Crippen molar-refractivity contribution in [2.45, 2.75) is 46.1 Å². The number of anilines is 1. The highest BCUT2D eigenvalue weighted by atomic mass is 16.5. The number of fused-ring (bicyclic) bond motifs is 1. The number of ether oxygens (including phenoxy) is 1. The summed E-state index contributed by atoms with van der Waals surface area (Å²) in [6.45, 7) is 6.86. The first-order valence-electron chi connectivity index (χ1n) is 7.88. The Bertz CT molecular complexity index is 557. The number of aryl methyl sites for hydroxylation is 1. The molecule has 2 amide bonds. The monoisotopic (exact) mass is 304 g/mol. The third-order valence-electron chi connectivity index (χ3n) is 3.74. The molecule has 1 aliphatic rings. The Morgan fingerprint density at radius 3 is 2.91 bits per heavy atom. The van der Waals surface area contributed by atoms with Gasteiger partial charge in [0, 0.05) is 19.5 Å². The summed E-state index contributed by atoms with van der Waals surface area (Å²) in [6.07, 6.45) is 1.81. The van der Waals surface area contributed by atoms with Gasteiger partial charge in [0.2, 0.25) is 5.91 Å². The quantitative estimate of drug-likeness (QED) is 0.821. The molecule has 2 rings (SSSR count). The average Bonchev–Trinajstić information content (AvgIpc) is 2.49. The second-order valence-corrected chi connectivity index (χ2v) is 5.67. The molecule has 0 aromatic heterocycles. The molecule has 1 aromatic rings. The summed E-state index contributed by atoms with van der Waals surface area (Å²) in [7, 11) is 0. The van der Waals surface area contributed by atoms with E-state index in [9.17, 15) is 9.59 Å². The number of carbonyl (C=O) groups excluding carboxylic acids is 2. The molecule has 0 saturated heterocycles. The van der Waals surface area contributed by atoms with Crippen LogP contribution in [0.4, 0.5) is 5.69 Å². The zero-order chi connectivity index (χ0) is 16.1. The first-order valence-corrected chi connectivity index (χ1v) is 7.88. The molecule has 0 spiro atoms. The van der Waals surface area contributed by atoms with E-state index in [1.807, 2.05) is 25.1 Å². The van der Waals surface area contributed by atoms with E-state index in [0.29, 0.717) is 25.3 Å². The summed E-state index contributed by atoms with van der Waals surface area (Å²) in [6, 6.07) is 5.76. The molecule has 120 valence electrons. The molecular formula is C17H24N2O3. The van der Waals surface area contributed by atoms with Gasteiger partial charge in [-0.1, -0.05) is 19.4 Å². The van der Waals surface area contributed by atoms with Crippen LogP contribution in [-0.2, 0) is 9.59 Å². The molecule has 0 bridgehead atoms. The molecule has 1 N–H and O–H groups in total. The molecule has 5 nitrogen and oxygen atoms in total. The van der Waals surface area contributed by atoms with E-state index in [4.69, 9.17) is 4.74 Å². The second-order valence-electron chi connectivity index (χ2n) is 5.67. The largest absolute Gasteiger partial charge is 0.479 e. The summed E-state index contributed by atoms with van der Waals surface area (Å²) in [5.74, 6) is 0.582. The Balaban J connectivity index is 2.04. The summed E-state index contributed by atoms with van der Waals surface area (Å²) in [5, 5.41) is 2.88. The smallest absolute Gasteiger partial charge is 0.267 e. The lowest BCUT2D eigenvalue weighted by Crippen LogP contribution is -2.45. The Morgan fingerprint density at radius 2 is 2.18 bits per heavy atom. The third-order valence-corrected chi connectivity index (χ3v) is 3.74. The molecule has 22 heavy (non-hydrogen) atoms. The molecule has 1 unspecified atom stereocenters. The molecule has 1 aliphatic heterocycles. The first-order chi connectivity index (χ1) is 10.5. The lowest BCUT2D eigenvalue weighted by Gasteiger charge is -2.33. The molecule has 0 saturated carbocycles. The van der Waals surface area contributed by atoms with E-state index in [0.717, 1.165) is 24.1 Å². The lowest BCUT2D eigenvalue weighted by atomic mass is 10.1. The van der Waals surface area contributed by atoms with Gasteiger partial charge in [0.25, 0.3) is 5.91 Å². The Hall–Kier alpha value is -2.04. The molecule has 0 fully saturated rings. The van der Waals surface area contributed by atoms with E-state index in [-0.39, 0.29) is 11.8 Å². The van der Waals surface area contributed by atoms with Crippen LogP contribution in [0.1, 0.15) is 38.7 Å². The van der Waals surface area contributed by atoms with Crippen molar-refractivity contribution >= 4 is 17.5 Å². The minimum atomic E-state index is -0.515. The van der Waals surface area contributed by atoms with Crippen LogP contribution < -0.4 is 15.0 Å². The molecule has 0 radical (unpaired) electrons. The maximum absolute atomic E-state index is 12.3. The van der Waals surface area contributed by atoms with Crippen LogP contribution in [0.3, 0.4) is 0 Å². The highest BCUT2D eigenvalue weighted by Gasteiger charge is 2.31. The van der Waals surface area contributed by atoms with Crippen molar-refractivity contribution in [2.24, 2.45) is 0 Å². The van der Waals surface area contributed by atoms with Crippen LogP contribution in [0, 0.1) is 6.92 Å². The van der Waals surface area contributed by atoms with E-state index >= 15 is 0 Å². The predicted octanol–water partition coefficient (Wildman–Crippen LogP) is 2.42. The fourth-order valence-electron chi connectivity index (χ4n) is 2.45. The fourth-order valence-corrected chi connectivity index (χ4v) is 2.45. The van der Waals surface area contributed by atoms with Crippen molar-refractivity contribution in [1.29, 1.82) is 0 Å². The van der Waals surface area contributed by atoms with E-state index in [2.05, 4.69) is 12.2 Å². The van der Waals surface area contributed by atoms with Crippen LogP contribution >= 0.6 is 0 Å². The summed E-state index contributed by atoms with van der Waals surface area (Å²) >= 11 is 0. The SMILES string of the molecule is CCCCNC(=O)CCN1C(=O)C(C)Oc2ccc(C)cc21. The van der Waals surface area contributed by atoms with Crippen molar-refractivity contribution in [1.82, 2.24) is 5.32 Å². The van der Waals surface area contributed by atoms with Gasteiger partial charge < -0.3 is 15.0 Å². The van der Waals surface area contributed by atoms with Crippen LogP contribution in [0.25, 0.3) is 0 Å². The van der Waals surface area contributed by atoms with Gasteiger partial charge in [0.05, 0.1) is 5.69 Å². The van der Waals surface area contributed by atoms with Crippen molar-refractivity contribution in [3.05, 3.63) is 23.8 Å². The molecule has 0 aliphatic carbocycles. The topological polar surface area (TPSA) is 58.6 Å². The van der Waals surface area contributed by atoms with Crippen molar-refractivity contribution < 1.29 is 14.3 Å². The number of hydrogen-bond donors (Lipinski definition) is 1. The number of unbranched alkanes of at least 4 members (excludes halogenated alkanes) is 1. The first kappa shape index (κ1) is 16.3. The summed E-state index contributed by atoms with van der Waals surface area (Å²) in [5.41, 5.74) is 1.81. The number of hydrogen-bond acceptors (Lipinski definition) is 3. The third kappa shape index (κ3) is 3.78. The van der Waals surface area contributed by atoms with Crippen LogP contribution in [-0.4, -0.2) is 31.0 Å². The normalized spacial score (nSPS) is 17.0. The van der Waals surface area contributed by atoms with Gasteiger partial charge in [-0.3, -0.25) is 9.59 Å². The lowest BCUT2D eigenvalue weighted by molar-refractivity contribution is -0.125. The highest BCUT2D eigenvalue weighted by molar-refractivity contribution is 6.00. The average molecular weight is 304 g/mol. The van der Waals surface area contributed by atoms with E-state index < -0.39 is 6.10 Å². The van der Waals surface area contributed by atoms with Gasteiger partial charge in [-0.15, -0.1) is 0 Å². The van der Waals surface area contributed by atoms with Gasteiger partial charge in [0.1, 0.15) is 5.75 Å². The van der Waals surface area contributed by atoms with Crippen LogP contribution in [0.5, 0.6) is 5.75 Å². The number of nitrogens with zero attached hydrogens (tertiary/aromatic N) is 1. The molecule has 1 heterocycles. The summed E-state index contributed by atoms with van der Waals surface area (Å²) in [4.78, 5) is 25.9. The maximum Gasteiger partial charge on any atom is 0.267 e. The molecule has 1 atom stereocenters. The zero-order valence-corrected chi connectivity index (χ0v) is 13.5. The standard InChI is InChI=1S/C17H24N2O3/c1-4-5-9-18-16(20)8-10-19-14-11-12(2)6-7-15(14)22-13(3)17(19)21/h6-7,11,13H,4-5,8-10H2,1-3H3,(H,18,20). The highest BCUT2D eigenvalue weighted by Crippen LogP contribution is 2.34. The number of amides is 2. The van der Waals surface area contributed by atoms with Gasteiger partial charge >= 0.3 is 0 Å². The second kappa shape index (κ2) is 7.29. The number of rotatable bonds is 6. The molecule has 1 aromatic carbocycles. The number of carbonyl (C=O) groups is 2. The van der Waals surface area contributed by atoms with Gasteiger partial charge in [-0.25, -0.2) is 0 Å². The number of benzene rings is 1. The Kier molecular flexibility index (Phi) is 5.41. The molecule has 5 heteroatoms. The predicted molar refractivity (Wildman–Crippen MR) is 86.2 cm³/mol. The molecular weight excluding hydrogens is 280 g/mol. The van der Waals surface area contributed by atoms with Crippen molar-refractivity contribution in [3.8, 4) is 5.75 Å². The van der Waals surface area contributed by atoms with Crippen molar-refractivity contribution in [2.75, 3.05) is 18.0 Å². The Morgan fingerprint density at radius 1 is 1.41 bits per heavy atom. The van der Waals surface area contributed by atoms with Gasteiger partial charge in [-0.2, -0.15) is 0 Å². The van der Waals surface area contributed by atoms with Gasteiger partial charge in [0.15, 0.2) is 6.10 Å². The van der Waals surface area contributed by atoms with E-state index in [1.165, 1.54) is 0 Å². The van der Waals surface area contributed by atoms with Crippen molar-refractivity contribution in [3.63, 3.8) is 0 Å². The van der Waals surface area contributed by atoms with Crippen LogP contribution in [0.2, 0.25) is 0 Å². The fraction of sp³-hybridized carbons (Fsp3) is 0.529. The van der Waals surface area contributed by atoms with Gasteiger partial charge in [-0.05, 0) is 38.0 Å². The minimum absolute atomic E-state index is 0.0189. The Labute approximate surface area is 131 Å². The number of nitrogens with one attached hydrogen (secondary N) is 1. The zero-order valence-electron chi connectivity index (χ0n) is 13.5. The maximum atomic E-state index is 12.3.